The number of likely N-dealkylation sites (N-methyl/N-ethyl adjacent to an activating group) is 2. The average molecular weight is 376 g/mol. The molecule has 1 aliphatic carbocycles. The zero-order chi connectivity index (χ0) is 18.9. The van der Waals surface area contributed by atoms with Crippen LogP contribution in [0.5, 0.6) is 0 Å². The Balaban J connectivity index is 1.91. The van der Waals surface area contributed by atoms with E-state index in [2.05, 4.69) is 11.9 Å². The van der Waals surface area contributed by atoms with Gasteiger partial charge in [0, 0.05) is 30.8 Å². The van der Waals surface area contributed by atoms with Crippen molar-refractivity contribution in [1.82, 2.24) is 9.80 Å². The number of hydrogen-bond donors (Lipinski definition) is 1. The van der Waals surface area contributed by atoms with E-state index in [9.17, 15) is 9.59 Å². The van der Waals surface area contributed by atoms with Crippen molar-refractivity contribution in [1.29, 1.82) is 0 Å². The van der Waals surface area contributed by atoms with Crippen LogP contribution in [0, 0.1) is 0 Å². The van der Waals surface area contributed by atoms with E-state index in [-0.39, 0.29) is 18.5 Å². The van der Waals surface area contributed by atoms with Gasteiger partial charge in [-0.3, -0.25) is 4.79 Å². The van der Waals surface area contributed by atoms with E-state index in [1.807, 2.05) is 42.3 Å². The van der Waals surface area contributed by atoms with Gasteiger partial charge < -0.3 is 15.1 Å². The molecule has 0 radical (unpaired) electrons. The maximum absolute atomic E-state index is 12.5. The molecule has 0 aliphatic heterocycles. The fraction of sp³-hybridized carbons (Fsp3) is 0.500. The molecule has 1 aliphatic rings. The lowest BCUT2D eigenvalue weighted by atomic mass is 9.94. The van der Waals surface area contributed by atoms with Gasteiger partial charge in [0.1, 0.15) is 6.54 Å². The smallest absolute Gasteiger partial charge is 0.322 e. The van der Waals surface area contributed by atoms with Crippen LogP contribution in [0.2, 0.25) is 0 Å². The summed E-state index contributed by atoms with van der Waals surface area (Å²) in [7, 11) is 3.51. The Hall–Kier alpha value is -1.95. The summed E-state index contributed by atoms with van der Waals surface area (Å²) in [6.45, 7) is 3.81. The summed E-state index contributed by atoms with van der Waals surface area (Å²) in [4.78, 5) is 29.2. The third-order valence-corrected chi connectivity index (χ3v) is 5.79. The predicted octanol–water partition coefficient (Wildman–Crippen LogP) is 4.22. The third kappa shape index (κ3) is 5.80. The highest BCUT2D eigenvalue weighted by molar-refractivity contribution is 7.99. The van der Waals surface area contributed by atoms with Gasteiger partial charge in [0.2, 0.25) is 5.91 Å². The van der Waals surface area contributed by atoms with Crippen molar-refractivity contribution >= 4 is 29.4 Å². The lowest BCUT2D eigenvalue weighted by Crippen LogP contribution is -2.45. The second kappa shape index (κ2) is 10.3. The summed E-state index contributed by atoms with van der Waals surface area (Å²) in [5.41, 5.74) is 0.754. The van der Waals surface area contributed by atoms with Crippen LogP contribution in [0.15, 0.2) is 41.8 Å². The molecule has 6 heteroatoms. The van der Waals surface area contributed by atoms with Gasteiger partial charge in [-0.1, -0.05) is 37.5 Å². The molecule has 1 saturated carbocycles. The zero-order valence-electron chi connectivity index (χ0n) is 15.7. The Kier molecular flexibility index (Phi) is 8.04. The number of para-hydroxylation sites is 1. The summed E-state index contributed by atoms with van der Waals surface area (Å²) >= 11 is 1.61. The summed E-state index contributed by atoms with van der Waals surface area (Å²) in [6, 6.07) is 7.69. The summed E-state index contributed by atoms with van der Waals surface area (Å²) in [5.74, 6) is 0.761. The summed E-state index contributed by atoms with van der Waals surface area (Å²) < 4.78 is 0. The largest absolute Gasteiger partial charge is 0.341 e. The first kappa shape index (κ1) is 20.4. The van der Waals surface area contributed by atoms with Crippen molar-refractivity contribution in [2.75, 3.05) is 31.7 Å². The van der Waals surface area contributed by atoms with E-state index in [0.717, 1.165) is 29.2 Å². The highest BCUT2D eigenvalue weighted by Crippen LogP contribution is 2.27. The van der Waals surface area contributed by atoms with Crippen LogP contribution in [-0.4, -0.2) is 54.2 Å². The topological polar surface area (TPSA) is 52.7 Å². The van der Waals surface area contributed by atoms with Gasteiger partial charge in [0.25, 0.3) is 0 Å². The number of nitrogens with zero attached hydrogens (tertiary/aromatic N) is 2. The van der Waals surface area contributed by atoms with E-state index >= 15 is 0 Å². The van der Waals surface area contributed by atoms with E-state index in [1.54, 1.807) is 18.8 Å². The molecule has 1 aromatic carbocycles. The molecule has 0 saturated heterocycles. The number of carbonyl (C=O) groups excluding carboxylic acids is 2. The van der Waals surface area contributed by atoms with Crippen molar-refractivity contribution in [2.24, 2.45) is 0 Å². The highest BCUT2D eigenvalue weighted by atomic mass is 32.2. The second-order valence-corrected chi connectivity index (χ2v) is 7.74. The van der Waals surface area contributed by atoms with Crippen LogP contribution in [0.4, 0.5) is 10.5 Å². The number of urea groups is 1. The standard InChI is InChI=1S/C20H29N3O2S/c1-4-14-26-18-13-9-8-12-17(18)21-20(25)22(2)15-19(24)23(3)16-10-6-5-7-11-16/h4,8-9,12-13,16H,1,5-7,10-11,14-15H2,2-3H3,(H,21,25). The van der Waals surface area contributed by atoms with Gasteiger partial charge in [0.15, 0.2) is 0 Å². The van der Waals surface area contributed by atoms with Crippen LogP contribution in [0.25, 0.3) is 0 Å². The first-order valence-electron chi connectivity index (χ1n) is 9.13. The average Bonchev–Trinajstić information content (AvgIpc) is 2.67. The van der Waals surface area contributed by atoms with E-state index in [0.29, 0.717) is 6.04 Å². The zero-order valence-corrected chi connectivity index (χ0v) is 16.6. The van der Waals surface area contributed by atoms with Crippen molar-refractivity contribution in [3.05, 3.63) is 36.9 Å². The minimum atomic E-state index is -0.276. The number of thioether (sulfide) groups is 1. The molecule has 142 valence electrons. The number of amides is 3. The Morgan fingerprint density at radius 1 is 1.23 bits per heavy atom. The molecule has 1 aromatic rings. The highest BCUT2D eigenvalue weighted by Gasteiger charge is 2.24. The Morgan fingerprint density at radius 2 is 1.92 bits per heavy atom. The normalized spacial score (nSPS) is 14.5. The molecule has 5 nitrogen and oxygen atoms in total. The number of hydrogen-bond acceptors (Lipinski definition) is 3. The van der Waals surface area contributed by atoms with Crippen molar-refractivity contribution < 1.29 is 9.59 Å². The lowest BCUT2D eigenvalue weighted by molar-refractivity contribution is -0.132. The maximum atomic E-state index is 12.5. The van der Waals surface area contributed by atoms with Crippen LogP contribution < -0.4 is 5.32 Å². The minimum absolute atomic E-state index is 0.0103. The van der Waals surface area contributed by atoms with Crippen LogP contribution in [-0.2, 0) is 4.79 Å². The van der Waals surface area contributed by atoms with Crippen LogP contribution in [0.3, 0.4) is 0 Å². The predicted molar refractivity (Wildman–Crippen MR) is 109 cm³/mol. The van der Waals surface area contributed by atoms with Crippen molar-refractivity contribution in [3.63, 3.8) is 0 Å². The molecule has 0 bridgehead atoms. The van der Waals surface area contributed by atoms with E-state index < -0.39 is 0 Å². The number of nitrogens with one attached hydrogen (secondary N) is 1. The number of carbonyl (C=O) groups is 2. The molecule has 2 rings (SSSR count). The molecule has 0 heterocycles. The quantitative estimate of drug-likeness (QED) is 0.573. The molecule has 3 amide bonds. The SMILES string of the molecule is C=CCSc1ccccc1NC(=O)N(C)CC(=O)N(C)C1CCCCC1. The maximum Gasteiger partial charge on any atom is 0.322 e. The molecule has 1 N–H and O–H groups in total. The van der Waals surface area contributed by atoms with Gasteiger partial charge in [-0.05, 0) is 25.0 Å². The Labute approximate surface area is 160 Å². The molecule has 26 heavy (non-hydrogen) atoms. The monoisotopic (exact) mass is 375 g/mol. The first-order valence-corrected chi connectivity index (χ1v) is 10.1. The van der Waals surface area contributed by atoms with Crippen LogP contribution in [0.1, 0.15) is 32.1 Å². The summed E-state index contributed by atoms with van der Waals surface area (Å²) in [6.07, 6.45) is 7.56. The van der Waals surface area contributed by atoms with E-state index in [1.165, 1.54) is 24.2 Å². The molecule has 0 unspecified atom stereocenters. The molecule has 1 fully saturated rings. The Morgan fingerprint density at radius 3 is 2.62 bits per heavy atom. The Bertz CT molecular complexity index is 629. The van der Waals surface area contributed by atoms with Gasteiger partial charge in [0.05, 0.1) is 5.69 Å². The second-order valence-electron chi connectivity index (χ2n) is 6.68. The molecular weight excluding hydrogens is 346 g/mol. The molecule has 0 atom stereocenters. The van der Waals surface area contributed by atoms with Crippen LogP contribution >= 0.6 is 11.8 Å². The first-order chi connectivity index (χ1) is 12.5. The molecular formula is C20H29N3O2S. The summed E-state index contributed by atoms with van der Waals surface area (Å²) in [5, 5.41) is 2.90. The van der Waals surface area contributed by atoms with Crippen molar-refractivity contribution in [2.45, 2.75) is 43.0 Å². The number of benzene rings is 1. The van der Waals surface area contributed by atoms with Gasteiger partial charge in [-0.25, -0.2) is 4.79 Å². The van der Waals surface area contributed by atoms with Crippen molar-refractivity contribution in [3.8, 4) is 0 Å². The lowest BCUT2D eigenvalue weighted by Gasteiger charge is -2.32. The third-order valence-electron chi connectivity index (χ3n) is 4.72. The van der Waals surface area contributed by atoms with E-state index in [4.69, 9.17) is 0 Å². The number of rotatable bonds is 7. The van der Waals surface area contributed by atoms with Gasteiger partial charge in [-0.15, -0.1) is 18.3 Å². The number of anilines is 1. The fourth-order valence-electron chi connectivity index (χ4n) is 3.11. The fourth-order valence-corrected chi connectivity index (χ4v) is 3.86. The molecule has 0 spiro atoms. The van der Waals surface area contributed by atoms with Gasteiger partial charge >= 0.3 is 6.03 Å². The minimum Gasteiger partial charge on any atom is -0.341 e. The van der Waals surface area contributed by atoms with Gasteiger partial charge in [-0.2, -0.15) is 0 Å². The molecule has 0 aromatic heterocycles.